The van der Waals surface area contributed by atoms with Crippen molar-refractivity contribution < 1.29 is 17.9 Å². The van der Waals surface area contributed by atoms with Crippen molar-refractivity contribution in [3.8, 4) is 0 Å². The summed E-state index contributed by atoms with van der Waals surface area (Å²) >= 11 is 0. The number of morpholine rings is 1. The first-order valence-electron chi connectivity index (χ1n) is 15.5. The third-order valence-electron chi connectivity index (χ3n) is 8.67. The second-order valence-corrected chi connectivity index (χ2v) is 13.3. The lowest BCUT2D eigenvalue weighted by Crippen LogP contribution is -2.41. The Kier molecular flexibility index (Phi) is 9.45. The normalized spacial score (nSPS) is 16.6. The van der Waals surface area contributed by atoms with Crippen molar-refractivity contribution >= 4 is 38.1 Å². The van der Waals surface area contributed by atoms with Crippen LogP contribution in [0, 0.1) is 5.92 Å². The van der Waals surface area contributed by atoms with Crippen LogP contribution in [0.15, 0.2) is 95.9 Å². The fourth-order valence-corrected chi connectivity index (χ4v) is 7.55. The maximum Gasteiger partial charge on any atom is 0.262 e. The van der Waals surface area contributed by atoms with Gasteiger partial charge in [-0.2, -0.15) is 0 Å². The van der Waals surface area contributed by atoms with Gasteiger partial charge in [0.05, 0.1) is 23.7 Å². The Morgan fingerprint density at radius 1 is 0.841 bits per heavy atom. The minimum atomic E-state index is -3.90. The molecule has 0 aliphatic carbocycles. The zero-order valence-electron chi connectivity index (χ0n) is 25.0. The van der Waals surface area contributed by atoms with Crippen LogP contribution in [0.3, 0.4) is 0 Å². The maximum atomic E-state index is 13.7. The van der Waals surface area contributed by atoms with Gasteiger partial charge in [0.2, 0.25) is 0 Å². The van der Waals surface area contributed by atoms with Crippen LogP contribution in [-0.4, -0.2) is 71.7 Å². The van der Waals surface area contributed by atoms with Gasteiger partial charge < -0.3 is 15.0 Å². The number of fused-ring (bicyclic) bond motifs is 1. The number of hydrogen-bond acceptors (Lipinski definition) is 6. The molecule has 2 saturated heterocycles. The molecule has 4 aromatic carbocycles. The number of benzene rings is 4. The first-order chi connectivity index (χ1) is 21.5. The predicted octanol–water partition coefficient (Wildman–Crippen LogP) is 5.16. The summed E-state index contributed by atoms with van der Waals surface area (Å²) in [4.78, 5) is 18.4. The van der Waals surface area contributed by atoms with Gasteiger partial charge in [0.1, 0.15) is 0 Å². The van der Waals surface area contributed by atoms with Gasteiger partial charge in [0.15, 0.2) is 0 Å². The number of piperidine rings is 1. The molecule has 2 aliphatic rings. The van der Waals surface area contributed by atoms with Crippen LogP contribution >= 0.6 is 0 Å². The first kappa shape index (κ1) is 30.1. The minimum absolute atomic E-state index is 0.203. The van der Waals surface area contributed by atoms with Crippen molar-refractivity contribution in [3.63, 3.8) is 0 Å². The minimum Gasteiger partial charge on any atom is -0.379 e. The van der Waals surface area contributed by atoms with Crippen molar-refractivity contribution in [1.82, 2.24) is 10.2 Å². The van der Waals surface area contributed by atoms with Gasteiger partial charge in [0, 0.05) is 56.0 Å². The zero-order valence-corrected chi connectivity index (χ0v) is 25.8. The Labute approximate surface area is 260 Å². The van der Waals surface area contributed by atoms with Crippen molar-refractivity contribution in [2.75, 3.05) is 62.1 Å². The van der Waals surface area contributed by atoms with E-state index in [1.165, 1.54) is 5.56 Å². The Hall–Kier alpha value is -3.92. The van der Waals surface area contributed by atoms with E-state index in [2.05, 4.69) is 44.1 Å². The monoisotopic (exact) mass is 612 g/mol. The van der Waals surface area contributed by atoms with Gasteiger partial charge in [-0.3, -0.25) is 14.4 Å². The van der Waals surface area contributed by atoms with Gasteiger partial charge in [-0.1, -0.05) is 66.7 Å². The highest BCUT2D eigenvalue weighted by Gasteiger charge is 2.25. The second kappa shape index (κ2) is 13.8. The molecule has 0 atom stereocenters. The molecule has 6 rings (SSSR count). The van der Waals surface area contributed by atoms with Crippen molar-refractivity contribution in [2.24, 2.45) is 5.92 Å². The lowest BCUT2D eigenvalue weighted by atomic mass is 9.89. The van der Waals surface area contributed by atoms with Crippen LogP contribution < -0.4 is 14.9 Å². The molecular weight excluding hydrogens is 572 g/mol. The summed E-state index contributed by atoms with van der Waals surface area (Å²) in [7, 11) is -3.90. The standard InChI is InChI=1S/C35H40N4O4S/c40-35(36-17-20-38-21-23-43-24-22-38)32-26-30(37-44(41,42)34-12-6-10-29-9-4-5-11-31(29)34)13-14-33(32)39-18-15-28(16-19-39)25-27-7-2-1-3-8-27/h1-14,26,28,37H,15-25H2,(H,36,40). The number of sulfonamides is 1. The van der Waals surface area contributed by atoms with E-state index >= 15 is 0 Å². The number of rotatable bonds is 10. The van der Waals surface area contributed by atoms with Crippen LogP contribution in [0.1, 0.15) is 28.8 Å². The molecule has 2 N–H and O–H groups in total. The van der Waals surface area contributed by atoms with E-state index < -0.39 is 10.0 Å². The largest absolute Gasteiger partial charge is 0.379 e. The predicted molar refractivity (Wildman–Crippen MR) is 176 cm³/mol. The number of hydrogen-bond donors (Lipinski definition) is 2. The number of nitrogens with one attached hydrogen (secondary N) is 2. The molecule has 9 heteroatoms. The van der Waals surface area contributed by atoms with Crippen LogP contribution in [0.25, 0.3) is 10.8 Å². The van der Waals surface area contributed by atoms with E-state index in [0.29, 0.717) is 42.3 Å². The molecule has 0 unspecified atom stereocenters. The Bertz CT molecular complexity index is 1680. The smallest absolute Gasteiger partial charge is 0.262 e. The van der Waals surface area contributed by atoms with Crippen LogP contribution in [0.5, 0.6) is 0 Å². The quantitative estimate of drug-likeness (QED) is 0.257. The summed E-state index contributed by atoms with van der Waals surface area (Å²) < 4.78 is 35.3. The highest BCUT2D eigenvalue weighted by Crippen LogP contribution is 2.32. The summed E-state index contributed by atoms with van der Waals surface area (Å²) in [6, 6.07) is 28.6. The summed E-state index contributed by atoms with van der Waals surface area (Å²) in [5, 5.41) is 4.59. The lowest BCUT2D eigenvalue weighted by Gasteiger charge is -2.35. The molecule has 0 saturated carbocycles. The fourth-order valence-electron chi connectivity index (χ4n) is 6.27. The number of anilines is 2. The molecule has 44 heavy (non-hydrogen) atoms. The molecular formula is C35H40N4O4S. The molecule has 2 aliphatic heterocycles. The third-order valence-corrected chi connectivity index (χ3v) is 10.1. The summed E-state index contributed by atoms with van der Waals surface area (Å²) in [6.45, 7) is 6.04. The van der Waals surface area contributed by atoms with Crippen LogP contribution in [0.4, 0.5) is 11.4 Å². The van der Waals surface area contributed by atoms with Gasteiger partial charge in [-0.05, 0) is 60.4 Å². The van der Waals surface area contributed by atoms with E-state index in [4.69, 9.17) is 4.74 Å². The van der Waals surface area contributed by atoms with Gasteiger partial charge in [-0.25, -0.2) is 8.42 Å². The topological polar surface area (TPSA) is 91.0 Å². The Morgan fingerprint density at radius 2 is 1.57 bits per heavy atom. The van der Waals surface area contributed by atoms with Gasteiger partial charge in [-0.15, -0.1) is 0 Å². The number of carbonyl (C=O) groups is 1. The molecule has 8 nitrogen and oxygen atoms in total. The Morgan fingerprint density at radius 3 is 2.36 bits per heavy atom. The van der Waals surface area contributed by atoms with Gasteiger partial charge in [0.25, 0.3) is 15.9 Å². The van der Waals surface area contributed by atoms with Crippen molar-refractivity contribution in [1.29, 1.82) is 0 Å². The maximum absolute atomic E-state index is 13.7. The zero-order chi connectivity index (χ0) is 30.4. The van der Waals surface area contributed by atoms with E-state index in [1.54, 1.807) is 24.3 Å². The average Bonchev–Trinajstić information content (AvgIpc) is 3.05. The molecule has 4 aromatic rings. The number of amides is 1. The number of nitrogens with zero attached hydrogens (tertiary/aromatic N) is 2. The number of carbonyl (C=O) groups excluding carboxylic acids is 1. The second-order valence-electron chi connectivity index (χ2n) is 11.6. The van der Waals surface area contributed by atoms with Crippen LogP contribution in [-0.2, 0) is 21.2 Å². The van der Waals surface area contributed by atoms with Gasteiger partial charge >= 0.3 is 0 Å². The molecule has 0 radical (unpaired) electrons. The van der Waals surface area contributed by atoms with Crippen molar-refractivity contribution in [2.45, 2.75) is 24.2 Å². The highest BCUT2D eigenvalue weighted by molar-refractivity contribution is 7.93. The van der Waals surface area contributed by atoms with E-state index in [1.807, 2.05) is 42.5 Å². The number of ether oxygens (including phenoxy) is 1. The fraction of sp³-hybridized carbons (Fsp3) is 0.343. The van der Waals surface area contributed by atoms with Crippen molar-refractivity contribution in [3.05, 3.63) is 102 Å². The van der Waals surface area contributed by atoms with E-state index in [9.17, 15) is 13.2 Å². The lowest BCUT2D eigenvalue weighted by molar-refractivity contribution is 0.0383. The molecule has 0 spiro atoms. The molecule has 2 heterocycles. The van der Waals surface area contributed by atoms with E-state index in [-0.39, 0.29) is 10.8 Å². The summed E-state index contributed by atoms with van der Waals surface area (Å²) in [6.07, 6.45) is 3.11. The van der Waals surface area contributed by atoms with Crippen LogP contribution in [0.2, 0.25) is 0 Å². The van der Waals surface area contributed by atoms with E-state index in [0.717, 1.165) is 63.1 Å². The molecule has 0 aromatic heterocycles. The Balaban J connectivity index is 1.21. The summed E-state index contributed by atoms with van der Waals surface area (Å²) in [5.74, 6) is 0.386. The third kappa shape index (κ3) is 7.23. The SMILES string of the molecule is O=C(NCCN1CCOCC1)c1cc(NS(=O)(=O)c2cccc3ccccc23)ccc1N1CCC(Cc2ccccc2)CC1. The molecule has 230 valence electrons. The molecule has 0 bridgehead atoms. The average molecular weight is 613 g/mol. The molecule has 2 fully saturated rings. The molecule has 1 amide bonds. The summed E-state index contributed by atoms with van der Waals surface area (Å²) in [5.41, 5.74) is 3.03. The first-order valence-corrected chi connectivity index (χ1v) is 17.0. The highest BCUT2D eigenvalue weighted by atomic mass is 32.2.